The Hall–Kier alpha value is -3.02. The number of methoxy groups -OCH3 is 2. The Kier molecular flexibility index (Phi) is 7.44. The maximum Gasteiger partial charge on any atom is 0.264 e. The predicted molar refractivity (Wildman–Crippen MR) is 110 cm³/mol. The SMILES string of the molecule is COc1ccc(C=NOCC(=O)N(Cc2ccccc2)C(C)(C)C)c(OC)c1. The van der Waals surface area contributed by atoms with Gasteiger partial charge in [0.1, 0.15) is 11.5 Å². The average molecular weight is 384 g/mol. The lowest BCUT2D eigenvalue weighted by atomic mass is 10.0. The van der Waals surface area contributed by atoms with Gasteiger partial charge in [0.15, 0.2) is 6.61 Å². The second-order valence-electron chi connectivity index (χ2n) is 7.25. The third-order valence-corrected chi connectivity index (χ3v) is 4.19. The molecule has 28 heavy (non-hydrogen) atoms. The van der Waals surface area contributed by atoms with E-state index in [9.17, 15) is 4.79 Å². The first kappa shape index (κ1) is 21.3. The topological polar surface area (TPSA) is 60.4 Å². The summed E-state index contributed by atoms with van der Waals surface area (Å²) in [6.07, 6.45) is 1.52. The number of rotatable bonds is 8. The Morgan fingerprint density at radius 3 is 2.39 bits per heavy atom. The first-order chi connectivity index (χ1) is 13.3. The normalized spacial score (nSPS) is 11.3. The summed E-state index contributed by atoms with van der Waals surface area (Å²) in [5, 5.41) is 3.92. The standard InChI is InChI=1S/C22H28N2O4/c1-22(2,3)24(15-17-9-7-6-8-10-17)21(25)16-28-23-14-18-11-12-19(26-4)13-20(18)27-5/h6-14H,15-16H2,1-5H3. The minimum absolute atomic E-state index is 0.129. The molecule has 0 bridgehead atoms. The largest absolute Gasteiger partial charge is 0.497 e. The van der Waals surface area contributed by atoms with Crippen molar-refractivity contribution in [3.63, 3.8) is 0 Å². The lowest BCUT2D eigenvalue weighted by Crippen LogP contribution is -2.46. The summed E-state index contributed by atoms with van der Waals surface area (Å²) < 4.78 is 10.5. The zero-order valence-electron chi connectivity index (χ0n) is 17.1. The quantitative estimate of drug-likeness (QED) is 0.512. The van der Waals surface area contributed by atoms with Crippen LogP contribution in [0.1, 0.15) is 31.9 Å². The van der Waals surface area contributed by atoms with E-state index >= 15 is 0 Å². The van der Waals surface area contributed by atoms with Crippen molar-refractivity contribution in [1.82, 2.24) is 4.90 Å². The van der Waals surface area contributed by atoms with E-state index in [2.05, 4.69) is 5.16 Å². The van der Waals surface area contributed by atoms with Gasteiger partial charge in [-0.1, -0.05) is 35.5 Å². The molecule has 0 aliphatic heterocycles. The number of ether oxygens (including phenoxy) is 2. The highest BCUT2D eigenvalue weighted by Gasteiger charge is 2.26. The zero-order valence-corrected chi connectivity index (χ0v) is 17.1. The third-order valence-electron chi connectivity index (χ3n) is 4.19. The second kappa shape index (κ2) is 9.78. The van der Waals surface area contributed by atoms with Gasteiger partial charge < -0.3 is 19.2 Å². The summed E-state index contributed by atoms with van der Waals surface area (Å²) in [7, 11) is 3.16. The molecule has 6 heteroatoms. The van der Waals surface area contributed by atoms with Crippen molar-refractivity contribution in [2.75, 3.05) is 20.8 Å². The molecule has 0 fully saturated rings. The van der Waals surface area contributed by atoms with Gasteiger partial charge in [-0.25, -0.2) is 0 Å². The first-order valence-corrected chi connectivity index (χ1v) is 9.07. The monoisotopic (exact) mass is 384 g/mol. The van der Waals surface area contributed by atoms with Crippen molar-refractivity contribution in [2.24, 2.45) is 5.16 Å². The van der Waals surface area contributed by atoms with Gasteiger partial charge in [0.2, 0.25) is 0 Å². The van der Waals surface area contributed by atoms with Gasteiger partial charge in [-0.15, -0.1) is 0 Å². The van der Waals surface area contributed by atoms with Crippen molar-refractivity contribution in [1.29, 1.82) is 0 Å². The van der Waals surface area contributed by atoms with Crippen LogP contribution in [0.25, 0.3) is 0 Å². The molecule has 0 spiro atoms. The minimum Gasteiger partial charge on any atom is -0.497 e. The predicted octanol–water partition coefficient (Wildman–Crippen LogP) is 3.88. The number of amides is 1. The molecule has 0 atom stereocenters. The molecule has 0 unspecified atom stereocenters. The Morgan fingerprint density at radius 2 is 1.79 bits per heavy atom. The maximum absolute atomic E-state index is 12.7. The molecule has 0 heterocycles. The molecule has 0 saturated heterocycles. The summed E-state index contributed by atoms with van der Waals surface area (Å²) in [6, 6.07) is 15.3. The van der Waals surface area contributed by atoms with Crippen LogP contribution >= 0.6 is 0 Å². The molecule has 0 radical (unpaired) electrons. The van der Waals surface area contributed by atoms with Crippen molar-refractivity contribution in [3.8, 4) is 11.5 Å². The van der Waals surface area contributed by atoms with Crippen molar-refractivity contribution in [3.05, 3.63) is 59.7 Å². The third kappa shape index (κ3) is 6.01. The maximum atomic E-state index is 12.7. The van der Waals surface area contributed by atoms with Crippen LogP contribution in [-0.2, 0) is 16.2 Å². The fourth-order valence-electron chi connectivity index (χ4n) is 2.65. The molecule has 0 aliphatic rings. The Bertz CT molecular complexity index is 798. The molecule has 0 aliphatic carbocycles. The molecule has 150 valence electrons. The average Bonchev–Trinajstić information content (AvgIpc) is 2.69. The van der Waals surface area contributed by atoms with E-state index < -0.39 is 0 Å². The summed E-state index contributed by atoms with van der Waals surface area (Å²) in [6.45, 7) is 6.37. The van der Waals surface area contributed by atoms with Gasteiger partial charge >= 0.3 is 0 Å². The van der Waals surface area contributed by atoms with Crippen molar-refractivity contribution in [2.45, 2.75) is 32.9 Å². The van der Waals surface area contributed by atoms with Crippen LogP contribution in [0.4, 0.5) is 0 Å². The van der Waals surface area contributed by atoms with E-state index in [0.29, 0.717) is 18.0 Å². The van der Waals surface area contributed by atoms with E-state index in [4.69, 9.17) is 14.3 Å². The molecule has 0 N–H and O–H groups in total. The molecule has 2 rings (SSSR count). The smallest absolute Gasteiger partial charge is 0.264 e. The fourth-order valence-corrected chi connectivity index (χ4v) is 2.65. The zero-order chi connectivity index (χ0) is 20.6. The molecule has 0 aromatic heterocycles. The molecule has 1 amide bonds. The summed E-state index contributed by atoms with van der Waals surface area (Å²) >= 11 is 0. The number of hydrogen-bond acceptors (Lipinski definition) is 5. The number of carbonyl (C=O) groups excluding carboxylic acids is 1. The van der Waals surface area contributed by atoms with E-state index in [-0.39, 0.29) is 18.1 Å². The number of oxime groups is 1. The molecular weight excluding hydrogens is 356 g/mol. The summed E-state index contributed by atoms with van der Waals surface area (Å²) in [4.78, 5) is 19.7. The van der Waals surface area contributed by atoms with Crippen LogP contribution < -0.4 is 9.47 Å². The summed E-state index contributed by atoms with van der Waals surface area (Å²) in [5.74, 6) is 1.17. The molecular formula is C22H28N2O4. The highest BCUT2D eigenvalue weighted by Crippen LogP contribution is 2.23. The highest BCUT2D eigenvalue weighted by atomic mass is 16.6. The number of benzene rings is 2. The van der Waals surface area contributed by atoms with Crippen LogP contribution in [-0.4, -0.2) is 43.4 Å². The first-order valence-electron chi connectivity index (χ1n) is 9.07. The number of nitrogens with zero attached hydrogens (tertiary/aromatic N) is 2. The second-order valence-corrected chi connectivity index (χ2v) is 7.25. The molecule has 0 saturated carbocycles. The lowest BCUT2D eigenvalue weighted by Gasteiger charge is -2.35. The highest BCUT2D eigenvalue weighted by molar-refractivity contribution is 5.83. The van der Waals surface area contributed by atoms with E-state index in [1.165, 1.54) is 6.21 Å². The fraction of sp³-hybridized carbons (Fsp3) is 0.364. The van der Waals surface area contributed by atoms with Crippen LogP contribution in [0.2, 0.25) is 0 Å². The van der Waals surface area contributed by atoms with Crippen molar-refractivity contribution >= 4 is 12.1 Å². The van der Waals surface area contributed by atoms with Crippen molar-refractivity contribution < 1.29 is 19.1 Å². The molecule has 6 nitrogen and oxygen atoms in total. The van der Waals surface area contributed by atoms with E-state index in [1.54, 1.807) is 31.3 Å². The molecule has 2 aromatic rings. The van der Waals surface area contributed by atoms with Gasteiger partial charge in [0.05, 0.1) is 20.4 Å². The van der Waals surface area contributed by atoms with Gasteiger partial charge in [0.25, 0.3) is 5.91 Å². The molecule has 2 aromatic carbocycles. The van der Waals surface area contributed by atoms with Gasteiger partial charge in [-0.2, -0.15) is 0 Å². The van der Waals surface area contributed by atoms with Gasteiger partial charge in [-0.05, 0) is 38.5 Å². The Morgan fingerprint density at radius 1 is 1.07 bits per heavy atom. The van der Waals surface area contributed by atoms with E-state index in [0.717, 1.165) is 11.1 Å². The Labute approximate surface area is 166 Å². The van der Waals surface area contributed by atoms with Gasteiger partial charge in [0, 0.05) is 23.7 Å². The Balaban J connectivity index is 2.00. The van der Waals surface area contributed by atoms with Crippen LogP contribution in [0.5, 0.6) is 11.5 Å². The van der Waals surface area contributed by atoms with Crippen LogP contribution in [0.15, 0.2) is 53.7 Å². The minimum atomic E-state index is -0.334. The van der Waals surface area contributed by atoms with Crippen LogP contribution in [0.3, 0.4) is 0 Å². The number of hydrogen-bond donors (Lipinski definition) is 0. The van der Waals surface area contributed by atoms with Gasteiger partial charge in [-0.3, -0.25) is 4.79 Å². The number of carbonyl (C=O) groups is 1. The summed E-state index contributed by atoms with van der Waals surface area (Å²) in [5.41, 5.74) is 1.46. The lowest BCUT2D eigenvalue weighted by molar-refractivity contribution is -0.141. The van der Waals surface area contributed by atoms with E-state index in [1.807, 2.05) is 57.2 Å². The van der Waals surface area contributed by atoms with Crippen LogP contribution in [0, 0.1) is 0 Å².